The van der Waals surface area contributed by atoms with Gasteiger partial charge >= 0.3 is 12.4 Å². The van der Waals surface area contributed by atoms with Gasteiger partial charge in [-0.25, -0.2) is 8.42 Å². The van der Waals surface area contributed by atoms with Gasteiger partial charge in [-0.3, -0.25) is 0 Å². The lowest BCUT2D eigenvalue weighted by Gasteiger charge is -2.36. The molecule has 1 heterocycles. The van der Waals surface area contributed by atoms with Crippen LogP contribution in [0.2, 0.25) is 0 Å². The zero-order valence-electron chi connectivity index (χ0n) is 16.2. The standard InChI is InChI=1S/C19H18F6N2O4S/c20-18(21,22)17(29,19(23,24)25)13-4-6-14(7-5-13)26-8-10-27(11-9-26)32(30,31)16-3-1-2-15(28)12-16/h1-7,12,28-29H,8-11H2. The van der Waals surface area contributed by atoms with Gasteiger partial charge in [0.2, 0.25) is 10.0 Å². The van der Waals surface area contributed by atoms with E-state index in [1.165, 1.54) is 22.5 Å². The molecule has 0 bridgehead atoms. The number of anilines is 1. The minimum atomic E-state index is -5.97. The Morgan fingerprint density at radius 1 is 0.812 bits per heavy atom. The predicted octanol–water partition coefficient (Wildman–Crippen LogP) is 3.22. The Morgan fingerprint density at radius 2 is 1.34 bits per heavy atom. The van der Waals surface area contributed by atoms with Crippen LogP contribution < -0.4 is 4.90 Å². The first-order valence-corrected chi connectivity index (χ1v) is 10.6. The summed E-state index contributed by atoms with van der Waals surface area (Å²) >= 11 is 0. The zero-order chi connectivity index (χ0) is 23.9. The second-order valence-electron chi connectivity index (χ2n) is 7.14. The van der Waals surface area contributed by atoms with Crippen LogP contribution in [-0.4, -0.2) is 61.5 Å². The number of rotatable bonds is 4. The molecule has 3 rings (SSSR count). The molecule has 0 amide bonds. The van der Waals surface area contributed by atoms with Crippen molar-refractivity contribution in [1.29, 1.82) is 0 Å². The van der Waals surface area contributed by atoms with E-state index >= 15 is 0 Å². The lowest BCUT2D eigenvalue weighted by Crippen LogP contribution is -2.54. The minimum absolute atomic E-state index is 0.00871. The van der Waals surface area contributed by atoms with Crippen molar-refractivity contribution >= 4 is 15.7 Å². The number of phenols is 1. The Balaban J connectivity index is 1.76. The number of halogens is 6. The van der Waals surface area contributed by atoms with Crippen molar-refractivity contribution in [3.8, 4) is 5.75 Å². The smallest absolute Gasteiger partial charge is 0.430 e. The summed E-state index contributed by atoms with van der Waals surface area (Å²) in [6.07, 6.45) is -11.9. The van der Waals surface area contributed by atoms with E-state index in [1.807, 2.05) is 0 Å². The molecule has 0 radical (unpaired) electrons. The molecule has 0 unspecified atom stereocenters. The van der Waals surface area contributed by atoms with Gasteiger partial charge in [-0.2, -0.15) is 30.6 Å². The quantitative estimate of drug-likeness (QED) is 0.652. The average molecular weight is 484 g/mol. The molecule has 32 heavy (non-hydrogen) atoms. The normalized spacial score (nSPS) is 16.9. The second kappa shape index (κ2) is 8.12. The maximum Gasteiger partial charge on any atom is 0.430 e. The molecular weight excluding hydrogens is 466 g/mol. The summed E-state index contributed by atoms with van der Waals surface area (Å²) in [4.78, 5) is 1.49. The number of aromatic hydroxyl groups is 1. The molecule has 1 aliphatic rings. The molecule has 1 aliphatic heterocycles. The highest BCUT2D eigenvalue weighted by molar-refractivity contribution is 7.89. The molecule has 2 aromatic carbocycles. The first kappa shape index (κ1) is 24.1. The van der Waals surface area contributed by atoms with Crippen molar-refractivity contribution < 1.29 is 45.0 Å². The van der Waals surface area contributed by atoms with E-state index in [9.17, 15) is 45.0 Å². The molecule has 0 saturated carbocycles. The number of benzene rings is 2. The van der Waals surface area contributed by atoms with Crippen molar-refractivity contribution in [1.82, 2.24) is 4.31 Å². The summed E-state index contributed by atoms with van der Waals surface area (Å²) in [5.41, 5.74) is -6.10. The van der Waals surface area contributed by atoms with Crippen LogP contribution in [0.15, 0.2) is 53.4 Å². The summed E-state index contributed by atoms with van der Waals surface area (Å²) in [5, 5.41) is 18.9. The topological polar surface area (TPSA) is 81.1 Å². The van der Waals surface area contributed by atoms with Crippen LogP contribution in [-0.2, 0) is 15.6 Å². The van der Waals surface area contributed by atoms with Gasteiger partial charge in [0.25, 0.3) is 5.60 Å². The Kier molecular flexibility index (Phi) is 6.13. The number of piperazine rings is 1. The molecule has 1 saturated heterocycles. The number of alkyl halides is 6. The summed E-state index contributed by atoms with van der Waals surface area (Å²) in [5.74, 6) is -0.220. The SMILES string of the molecule is O=S(=O)(c1cccc(O)c1)N1CCN(c2ccc(C(O)(C(F)(F)F)C(F)(F)F)cc2)CC1. The van der Waals surface area contributed by atoms with Crippen molar-refractivity contribution in [3.05, 3.63) is 54.1 Å². The third-order valence-corrected chi connectivity index (χ3v) is 7.06. The van der Waals surface area contributed by atoms with E-state index in [4.69, 9.17) is 0 Å². The zero-order valence-corrected chi connectivity index (χ0v) is 17.0. The fourth-order valence-electron chi connectivity index (χ4n) is 3.38. The average Bonchev–Trinajstić information content (AvgIpc) is 2.72. The van der Waals surface area contributed by atoms with Crippen LogP contribution in [0.3, 0.4) is 0 Å². The lowest BCUT2D eigenvalue weighted by atomic mass is 9.92. The molecule has 13 heteroatoms. The largest absolute Gasteiger partial charge is 0.508 e. The Bertz CT molecular complexity index is 1050. The molecule has 0 aliphatic carbocycles. The van der Waals surface area contributed by atoms with Gasteiger partial charge in [0, 0.05) is 37.4 Å². The lowest BCUT2D eigenvalue weighted by molar-refractivity contribution is -0.376. The highest BCUT2D eigenvalue weighted by Crippen LogP contribution is 2.50. The first-order chi connectivity index (χ1) is 14.7. The fraction of sp³-hybridized carbons (Fsp3) is 0.368. The van der Waals surface area contributed by atoms with Crippen molar-refractivity contribution in [2.45, 2.75) is 22.8 Å². The van der Waals surface area contributed by atoms with Gasteiger partial charge in [0.15, 0.2) is 0 Å². The highest BCUT2D eigenvalue weighted by atomic mass is 32.2. The second-order valence-corrected chi connectivity index (χ2v) is 9.08. The first-order valence-electron chi connectivity index (χ1n) is 9.18. The van der Waals surface area contributed by atoms with Crippen LogP contribution >= 0.6 is 0 Å². The van der Waals surface area contributed by atoms with E-state index in [0.29, 0.717) is 12.1 Å². The van der Waals surface area contributed by atoms with E-state index in [-0.39, 0.29) is 42.5 Å². The number of hydrogen-bond acceptors (Lipinski definition) is 5. The molecule has 0 atom stereocenters. The molecule has 2 N–H and O–H groups in total. The highest BCUT2D eigenvalue weighted by Gasteiger charge is 2.71. The third-order valence-electron chi connectivity index (χ3n) is 5.16. The van der Waals surface area contributed by atoms with Gasteiger partial charge in [-0.15, -0.1) is 0 Å². The van der Waals surface area contributed by atoms with E-state index in [2.05, 4.69) is 0 Å². The maximum atomic E-state index is 13.0. The molecule has 176 valence electrons. The van der Waals surface area contributed by atoms with Crippen LogP contribution in [0.25, 0.3) is 0 Å². The fourth-order valence-corrected chi connectivity index (χ4v) is 4.84. The molecular formula is C19H18F6N2O4S. The van der Waals surface area contributed by atoms with Crippen molar-refractivity contribution in [2.24, 2.45) is 0 Å². The van der Waals surface area contributed by atoms with Gasteiger partial charge in [0.05, 0.1) is 4.90 Å². The maximum absolute atomic E-state index is 13.0. The summed E-state index contributed by atoms with van der Waals surface area (Å²) in [6, 6.07) is 8.24. The Labute approximate surface area is 179 Å². The van der Waals surface area contributed by atoms with Crippen LogP contribution in [0, 0.1) is 0 Å². The van der Waals surface area contributed by atoms with Crippen molar-refractivity contribution in [2.75, 3.05) is 31.1 Å². The molecule has 6 nitrogen and oxygen atoms in total. The molecule has 0 aromatic heterocycles. The summed E-state index contributed by atoms with van der Waals surface area (Å²) in [7, 11) is -3.89. The monoisotopic (exact) mass is 484 g/mol. The number of aliphatic hydroxyl groups is 1. The van der Waals surface area contributed by atoms with Gasteiger partial charge in [-0.1, -0.05) is 18.2 Å². The van der Waals surface area contributed by atoms with Crippen LogP contribution in [0.4, 0.5) is 32.0 Å². The van der Waals surface area contributed by atoms with Gasteiger partial charge in [0.1, 0.15) is 5.75 Å². The number of phenolic OH excluding ortho intramolecular Hbond substituents is 1. The van der Waals surface area contributed by atoms with E-state index in [0.717, 1.165) is 18.2 Å². The summed E-state index contributed by atoms with van der Waals surface area (Å²) < 4.78 is 105. The minimum Gasteiger partial charge on any atom is -0.508 e. The molecule has 2 aromatic rings. The number of nitrogens with zero attached hydrogens (tertiary/aromatic N) is 2. The van der Waals surface area contributed by atoms with Crippen LogP contribution in [0.1, 0.15) is 5.56 Å². The molecule has 1 fully saturated rings. The summed E-state index contributed by atoms with van der Waals surface area (Å²) in [6.45, 7) is 0.268. The Morgan fingerprint density at radius 3 is 1.81 bits per heavy atom. The van der Waals surface area contributed by atoms with E-state index in [1.54, 1.807) is 4.90 Å². The van der Waals surface area contributed by atoms with E-state index < -0.39 is 33.5 Å². The third kappa shape index (κ3) is 4.24. The van der Waals surface area contributed by atoms with Gasteiger partial charge < -0.3 is 15.1 Å². The Hall–Kier alpha value is -2.51. The number of sulfonamides is 1. The molecule has 0 spiro atoms. The predicted molar refractivity (Wildman–Crippen MR) is 102 cm³/mol. The van der Waals surface area contributed by atoms with Crippen LogP contribution in [0.5, 0.6) is 5.75 Å². The van der Waals surface area contributed by atoms with Gasteiger partial charge in [-0.05, 0) is 30.3 Å². The number of hydrogen-bond donors (Lipinski definition) is 2. The van der Waals surface area contributed by atoms with Crippen molar-refractivity contribution in [3.63, 3.8) is 0 Å².